The van der Waals surface area contributed by atoms with E-state index in [0.717, 1.165) is 12.2 Å². The quantitative estimate of drug-likeness (QED) is 0.854. The van der Waals surface area contributed by atoms with Gasteiger partial charge in [-0.3, -0.25) is 4.79 Å². The van der Waals surface area contributed by atoms with Crippen molar-refractivity contribution in [1.29, 1.82) is 0 Å². The zero-order valence-electron chi connectivity index (χ0n) is 12.8. The molecular formula is C16H20FN3O2. The molecule has 2 rings (SSSR count). The lowest BCUT2D eigenvalue weighted by Crippen LogP contribution is -2.29. The van der Waals surface area contributed by atoms with Gasteiger partial charge in [-0.15, -0.1) is 0 Å². The van der Waals surface area contributed by atoms with E-state index in [1.54, 1.807) is 12.5 Å². The van der Waals surface area contributed by atoms with Crippen molar-refractivity contribution in [2.75, 3.05) is 6.61 Å². The second-order valence-electron chi connectivity index (χ2n) is 5.45. The number of hydrogen-bond acceptors (Lipinski definition) is 3. The number of aromatic nitrogens is 2. The number of ether oxygens (including phenoxy) is 1. The zero-order chi connectivity index (χ0) is 15.9. The maximum absolute atomic E-state index is 12.7. The van der Waals surface area contributed by atoms with Crippen molar-refractivity contribution in [3.8, 4) is 5.75 Å². The smallest absolute Gasteiger partial charge is 0.258 e. The van der Waals surface area contributed by atoms with E-state index in [1.165, 1.54) is 24.3 Å². The van der Waals surface area contributed by atoms with E-state index in [4.69, 9.17) is 4.74 Å². The van der Waals surface area contributed by atoms with Gasteiger partial charge in [-0.2, -0.15) is 0 Å². The van der Waals surface area contributed by atoms with Crippen LogP contribution in [-0.4, -0.2) is 22.1 Å². The van der Waals surface area contributed by atoms with Crippen molar-refractivity contribution in [3.05, 3.63) is 48.3 Å². The largest absolute Gasteiger partial charge is 0.484 e. The van der Waals surface area contributed by atoms with Crippen LogP contribution in [0, 0.1) is 11.7 Å². The van der Waals surface area contributed by atoms with Gasteiger partial charge in [0.2, 0.25) is 0 Å². The molecule has 1 amide bonds. The lowest BCUT2D eigenvalue weighted by atomic mass is 10.2. The highest BCUT2D eigenvalue weighted by Gasteiger charge is 2.07. The third kappa shape index (κ3) is 4.87. The summed E-state index contributed by atoms with van der Waals surface area (Å²) in [7, 11) is 0. The van der Waals surface area contributed by atoms with Crippen LogP contribution in [0.4, 0.5) is 4.39 Å². The molecular weight excluding hydrogens is 285 g/mol. The minimum absolute atomic E-state index is 0.107. The molecule has 1 N–H and O–H groups in total. The molecule has 6 heteroatoms. The number of halogens is 1. The SMILES string of the molecule is CC(C)Cn1cncc1CNC(=O)COc1ccc(F)cc1. The fourth-order valence-corrected chi connectivity index (χ4v) is 1.97. The Labute approximate surface area is 129 Å². The van der Waals surface area contributed by atoms with Crippen LogP contribution in [0.2, 0.25) is 0 Å². The van der Waals surface area contributed by atoms with Crippen LogP contribution in [0.15, 0.2) is 36.8 Å². The molecule has 5 nitrogen and oxygen atoms in total. The molecule has 118 valence electrons. The number of carbonyl (C=O) groups excluding carboxylic acids is 1. The van der Waals surface area contributed by atoms with E-state index in [1.807, 2.05) is 4.57 Å². The van der Waals surface area contributed by atoms with E-state index in [9.17, 15) is 9.18 Å². The fraction of sp³-hybridized carbons (Fsp3) is 0.375. The van der Waals surface area contributed by atoms with E-state index in [2.05, 4.69) is 24.1 Å². The highest BCUT2D eigenvalue weighted by Crippen LogP contribution is 2.10. The number of rotatable bonds is 7. The Bertz CT molecular complexity index is 608. The van der Waals surface area contributed by atoms with Crippen molar-refractivity contribution in [3.63, 3.8) is 0 Å². The Kier molecular flexibility index (Phi) is 5.52. The summed E-state index contributed by atoms with van der Waals surface area (Å²) in [6, 6.07) is 5.55. The van der Waals surface area contributed by atoms with Crippen LogP contribution in [0.25, 0.3) is 0 Å². The molecule has 0 atom stereocenters. The van der Waals surface area contributed by atoms with Crippen LogP contribution in [0.1, 0.15) is 19.5 Å². The summed E-state index contributed by atoms with van der Waals surface area (Å²) < 4.78 is 20.1. The summed E-state index contributed by atoms with van der Waals surface area (Å²) in [5.41, 5.74) is 0.948. The molecule has 0 fully saturated rings. The van der Waals surface area contributed by atoms with Crippen molar-refractivity contribution >= 4 is 5.91 Å². The molecule has 1 heterocycles. The van der Waals surface area contributed by atoms with Gasteiger partial charge in [-0.05, 0) is 30.2 Å². The summed E-state index contributed by atoms with van der Waals surface area (Å²) in [5.74, 6) is 0.392. The summed E-state index contributed by atoms with van der Waals surface area (Å²) in [4.78, 5) is 15.9. The molecule has 0 aliphatic rings. The first-order chi connectivity index (χ1) is 10.5. The molecule has 0 bridgehead atoms. The third-order valence-electron chi connectivity index (χ3n) is 3.01. The van der Waals surface area contributed by atoms with Gasteiger partial charge < -0.3 is 14.6 Å². The second kappa shape index (κ2) is 7.59. The van der Waals surface area contributed by atoms with E-state index in [-0.39, 0.29) is 18.3 Å². The van der Waals surface area contributed by atoms with Gasteiger partial charge in [-0.25, -0.2) is 9.37 Å². The number of amides is 1. The minimum atomic E-state index is -0.338. The molecule has 0 aliphatic heterocycles. The Balaban J connectivity index is 1.78. The Hall–Kier alpha value is -2.37. The molecule has 1 aromatic carbocycles. The highest BCUT2D eigenvalue weighted by atomic mass is 19.1. The molecule has 22 heavy (non-hydrogen) atoms. The van der Waals surface area contributed by atoms with Gasteiger partial charge in [0.25, 0.3) is 5.91 Å². The van der Waals surface area contributed by atoms with Crippen molar-refractivity contribution in [2.24, 2.45) is 5.92 Å². The number of hydrogen-bond donors (Lipinski definition) is 1. The van der Waals surface area contributed by atoms with Crippen LogP contribution in [-0.2, 0) is 17.9 Å². The molecule has 0 aliphatic carbocycles. The van der Waals surface area contributed by atoms with E-state index < -0.39 is 0 Å². The summed E-state index contributed by atoms with van der Waals surface area (Å²) in [6.45, 7) is 5.40. The molecule has 0 saturated heterocycles. The van der Waals surface area contributed by atoms with Crippen LogP contribution < -0.4 is 10.1 Å². The Morgan fingerprint density at radius 3 is 2.77 bits per heavy atom. The zero-order valence-corrected chi connectivity index (χ0v) is 12.8. The minimum Gasteiger partial charge on any atom is -0.484 e. The molecule has 1 aromatic heterocycles. The molecule has 0 spiro atoms. The molecule has 0 unspecified atom stereocenters. The number of carbonyl (C=O) groups is 1. The van der Waals surface area contributed by atoms with Gasteiger partial charge in [0.1, 0.15) is 11.6 Å². The van der Waals surface area contributed by atoms with Gasteiger partial charge in [0.05, 0.1) is 18.6 Å². The number of nitrogens with zero attached hydrogens (tertiary/aromatic N) is 2. The topological polar surface area (TPSA) is 56.2 Å². The highest BCUT2D eigenvalue weighted by molar-refractivity contribution is 5.77. The first-order valence-electron chi connectivity index (χ1n) is 7.18. The predicted molar refractivity (Wildman–Crippen MR) is 80.8 cm³/mol. The predicted octanol–water partition coefficient (Wildman–Crippen LogP) is 2.37. The Morgan fingerprint density at radius 1 is 1.36 bits per heavy atom. The lowest BCUT2D eigenvalue weighted by molar-refractivity contribution is -0.123. The average Bonchev–Trinajstić information content (AvgIpc) is 2.91. The van der Waals surface area contributed by atoms with Crippen molar-refractivity contribution in [2.45, 2.75) is 26.9 Å². The first-order valence-corrected chi connectivity index (χ1v) is 7.18. The second-order valence-corrected chi connectivity index (χ2v) is 5.45. The van der Waals surface area contributed by atoms with Gasteiger partial charge in [0, 0.05) is 12.7 Å². The monoisotopic (exact) mass is 305 g/mol. The molecule has 2 aromatic rings. The molecule has 0 radical (unpaired) electrons. The van der Waals surface area contributed by atoms with Crippen LogP contribution in [0.3, 0.4) is 0 Å². The summed E-state index contributed by atoms with van der Waals surface area (Å²) in [5, 5.41) is 2.78. The van der Waals surface area contributed by atoms with E-state index in [0.29, 0.717) is 18.2 Å². The Morgan fingerprint density at radius 2 is 2.09 bits per heavy atom. The van der Waals surface area contributed by atoms with Crippen LogP contribution >= 0.6 is 0 Å². The van der Waals surface area contributed by atoms with Gasteiger partial charge >= 0.3 is 0 Å². The van der Waals surface area contributed by atoms with Crippen molar-refractivity contribution < 1.29 is 13.9 Å². The maximum atomic E-state index is 12.7. The standard InChI is InChI=1S/C16H20FN3O2/c1-12(2)9-20-11-18-7-14(20)8-19-16(21)10-22-15-5-3-13(17)4-6-15/h3-7,11-12H,8-10H2,1-2H3,(H,19,21). The number of benzene rings is 1. The lowest BCUT2D eigenvalue weighted by Gasteiger charge is -2.11. The normalized spacial score (nSPS) is 10.7. The van der Waals surface area contributed by atoms with Gasteiger partial charge in [0.15, 0.2) is 6.61 Å². The number of imidazole rings is 1. The first kappa shape index (κ1) is 16.0. The van der Waals surface area contributed by atoms with Gasteiger partial charge in [-0.1, -0.05) is 13.8 Å². The average molecular weight is 305 g/mol. The number of nitrogens with one attached hydrogen (secondary N) is 1. The molecule has 0 saturated carbocycles. The summed E-state index contributed by atoms with van der Waals surface area (Å²) in [6.07, 6.45) is 3.50. The van der Waals surface area contributed by atoms with E-state index >= 15 is 0 Å². The summed E-state index contributed by atoms with van der Waals surface area (Å²) >= 11 is 0. The van der Waals surface area contributed by atoms with Crippen molar-refractivity contribution in [1.82, 2.24) is 14.9 Å². The third-order valence-corrected chi connectivity index (χ3v) is 3.01. The van der Waals surface area contributed by atoms with Crippen LogP contribution in [0.5, 0.6) is 5.75 Å². The fourth-order valence-electron chi connectivity index (χ4n) is 1.97. The maximum Gasteiger partial charge on any atom is 0.258 e.